The Bertz CT molecular complexity index is 584. The molecule has 0 bridgehead atoms. The summed E-state index contributed by atoms with van der Waals surface area (Å²) < 4.78 is 0. The highest BCUT2D eigenvalue weighted by atomic mass is 32.1. The minimum absolute atomic E-state index is 0.183. The zero-order valence-electron chi connectivity index (χ0n) is 13.8. The number of benzene rings is 2. The third-order valence-electron chi connectivity index (χ3n) is 3.60. The second-order valence-corrected chi connectivity index (χ2v) is 6.27. The fourth-order valence-electron chi connectivity index (χ4n) is 2.46. The summed E-state index contributed by atoms with van der Waals surface area (Å²) in [6.45, 7) is 1.73. The van der Waals surface area contributed by atoms with Crippen LogP contribution in [0.3, 0.4) is 0 Å². The van der Waals surface area contributed by atoms with E-state index in [-0.39, 0.29) is 6.04 Å². The van der Waals surface area contributed by atoms with Crippen molar-refractivity contribution in [2.75, 3.05) is 27.2 Å². The van der Waals surface area contributed by atoms with Gasteiger partial charge in [-0.3, -0.25) is 0 Å². The molecule has 2 aromatic carbocycles. The highest BCUT2D eigenvalue weighted by Gasteiger charge is 2.13. The molecule has 0 aliphatic rings. The van der Waals surface area contributed by atoms with Gasteiger partial charge in [0, 0.05) is 13.1 Å². The van der Waals surface area contributed by atoms with Crippen molar-refractivity contribution in [3.63, 3.8) is 0 Å². The largest absolute Gasteiger partial charge is 0.362 e. The topological polar surface area (TPSA) is 27.3 Å². The van der Waals surface area contributed by atoms with E-state index in [1.165, 1.54) is 11.1 Å². The molecule has 2 N–H and O–H groups in total. The van der Waals surface area contributed by atoms with Gasteiger partial charge < -0.3 is 15.5 Å². The number of hydrogen-bond acceptors (Lipinski definition) is 2. The van der Waals surface area contributed by atoms with Gasteiger partial charge in [0.05, 0.1) is 6.04 Å². The van der Waals surface area contributed by atoms with Gasteiger partial charge in [0.1, 0.15) is 0 Å². The van der Waals surface area contributed by atoms with E-state index in [0.29, 0.717) is 5.11 Å². The Morgan fingerprint density at radius 2 is 1.61 bits per heavy atom. The zero-order valence-corrected chi connectivity index (χ0v) is 14.6. The Morgan fingerprint density at radius 3 is 2.22 bits per heavy atom. The van der Waals surface area contributed by atoms with Crippen molar-refractivity contribution in [1.82, 2.24) is 15.5 Å². The molecule has 0 spiro atoms. The maximum absolute atomic E-state index is 5.46. The monoisotopic (exact) mass is 327 g/mol. The molecular formula is C19H25N3S. The normalized spacial score (nSPS) is 12.0. The summed E-state index contributed by atoms with van der Waals surface area (Å²) in [6.07, 6.45) is 0.965. The molecule has 0 aromatic heterocycles. The molecule has 0 aliphatic heterocycles. The smallest absolute Gasteiger partial charge is 0.166 e. The average molecular weight is 327 g/mol. The van der Waals surface area contributed by atoms with E-state index in [1.807, 2.05) is 12.1 Å². The summed E-state index contributed by atoms with van der Waals surface area (Å²) in [5, 5.41) is 7.44. The lowest BCUT2D eigenvalue weighted by Crippen LogP contribution is -2.41. The molecule has 0 aliphatic carbocycles. The van der Waals surface area contributed by atoms with Gasteiger partial charge in [0.15, 0.2) is 5.11 Å². The van der Waals surface area contributed by atoms with Crippen LogP contribution in [-0.2, 0) is 6.42 Å². The number of thiocarbonyl (C=S) groups is 1. The molecule has 0 radical (unpaired) electrons. The van der Waals surface area contributed by atoms with Gasteiger partial charge in [-0.25, -0.2) is 0 Å². The van der Waals surface area contributed by atoms with E-state index in [0.717, 1.165) is 19.5 Å². The lowest BCUT2D eigenvalue weighted by Gasteiger charge is -2.24. The van der Waals surface area contributed by atoms with Crippen molar-refractivity contribution in [3.05, 3.63) is 71.8 Å². The first-order valence-corrected chi connectivity index (χ1v) is 8.34. The summed E-state index contributed by atoms with van der Waals surface area (Å²) in [5.41, 5.74) is 2.56. The molecule has 122 valence electrons. The summed E-state index contributed by atoms with van der Waals surface area (Å²) >= 11 is 5.46. The van der Waals surface area contributed by atoms with Gasteiger partial charge in [0.25, 0.3) is 0 Å². The maximum atomic E-state index is 5.46. The molecule has 0 amide bonds. The van der Waals surface area contributed by atoms with E-state index in [9.17, 15) is 0 Å². The van der Waals surface area contributed by atoms with Gasteiger partial charge in [-0.1, -0.05) is 60.7 Å². The predicted octanol–water partition coefficient (Wildman–Crippen LogP) is 3.00. The lowest BCUT2D eigenvalue weighted by molar-refractivity contribution is 0.362. The van der Waals surface area contributed by atoms with E-state index in [2.05, 4.69) is 78.2 Å². The second kappa shape index (κ2) is 9.28. The third kappa shape index (κ3) is 6.38. The Kier molecular flexibility index (Phi) is 7.04. The average Bonchev–Trinajstić information content (AvgIpc) is 2.56. The quantitative estimate of drug-likeness (QED) is 0.765. The van der Waals surface area contributed by atoms with Crippen LogP contribution in [0.25, 0.3) is 0 Å². The first-order valence-electron chi connectivity index (χ1n) is 7.93. The van der Waals surface area contributed by atoms with Crippen molar-refractivity contribution < 1.29 is 0 Å². The van der Waals surface area contributed by atoms with Crippen LogP contribution in [0.1, 0.15) is 17.2 Å². The molecule has 23 heavy (non-hydrogen) atoms. The molecule has 2 aromatic rings. The van der Waals surface area contributed by atoms with Gasteiger partial charge >= 0.3 is 0 Å². The second-order valence-electron chi connectivity index (χ2n) is 5.86. The van der Waals surface area contributed by atoms with Gasteiger partial charge in [0.2, 0.25) is 0 Å². The number of hydrogen-bond donors (Lipinski definition) is 2. The Balaban J connectivity index is 1.85. The fraction of sp³-hybridized carbons (Fsp3) is 0.316. The molecule has 2 rings (SSSR count). The molecule has 0 saturated heterocycles. The molecule has 3 nitrogen and oxygen atoms in total. The fourth-order valence-corrected chi connectivity index (χ4v) is 2.70. The lowest BCUT2D eigenvalue weighted by atomic mass is 10.1. The van der Waals surface area contributed by atoms with Gasteiger partial charge in [-0.15, -0.1) is 0 Å². The maximum Gasteiger partial charge on any atom is 0.166 e. The Labute approximate surface area is 144 Å². The van der Waals surface area contributed by atoms with Crippen LogP contribution in [0.2, 0.25) is 0 Å². The molecular weight excluding hydrogens is 302 g/mol. The molecule has 0 fully saturated rings. The molecule has 4 heteroatoms. The molecule has 0 saturated carbocycles. The highest BCUT2D eigenvalue weighted by Crippen LogP contribution is 2.13. The number of nitrogens with zero attached hydrogens (tertiary/aromatic N) is 1. The molecule has 0 heterocycles. The highest BCUT2D eigenvalue weighted by molar-refractivity contribution is 7.80. The van der Waals surface area contributed by atoms with Crippen LogP contribution >= 0.6 is 12.2 Å². The summed E-state index contributed by atoms with van der Waals surface area (Å²) in [5.74, 6) is 0. The van der Waals surface area contributed by atoms with Crippen LogP contribution in [-0.4, -0.2) is 37.2 Å². The minimum Gasteiger partial charge on any atom is -0.362 e. The van der Waals surface area contributed by atoms with Gasteiger partial charge in [-0.2, -0.15) is 0 Å². The SMILES string of the molecule is CN(C)C[C@H](NC(=S)NCCc1ccccc1)c1ccccc1. The summed E-state index contributed by atoms with van der Waals surface area (Å²) in [4.78, 5) is 2.16. The minimum atomic E-state index is 0.183. The van der Waals surface area contributed by atoms with Crippen LogP contribution in [0.4, 0.5) is 0 Å². The first-order chi connectivity index (χ1) is 11.1. The van der Waals surface area contributed by atoms with Crippen molar-refractivity contribution in [2.45, 2.75) is 12.5 Å². The first kappa shape index (κ1) is 17.4. The number of nitrogens with one attached hydrogen (secondary N) is 2. The third-order valence-corrected chi connectivity index (χ3v) is 3.86. The van der Waals surface area contributed by atoms with E-state index in [4.69, 9.17) is 12.2 Å². The Hall–Kier alpha value is -1.91. The Morgan fingerprint density at radius 1 is 1.00 bits per heavy atom. The van der Waals surface area contributed by atoms with Crippen LogP contribution < -0.4 is 10.6 Å². The number of rotatable bonds is 7. The zero-order chi connectivity index (χ0) is 16.5. The van der Waals surface area contributed by atoms with Crippen LogP contribution in [0, 0.1) is 0 Å². The molecule has 0 unspecified atom stereocenters. The summed E-state index contributed by atoms with van der Waals surface area (Å²) in [6, 6.07) is 21.0. The van der Waals surface area contributed by atoms with Crippen LogP contribution in [0.15, 0.2) is 60.7 Å². The van der Waals surface area contributed by atoms with E-state index < -0.39 is 0 Å². The van der Waals surface area contributed by atoms with E-state index >= 15 is 0 Å². The van der Waals surface area contributed by atoms with Crippen LogP contribution in [0.5, 0.6) is 0 Å². The van der Waals surface area contributed by atoms with Crippen molar-refractivity contribution in [1.29, 1.82) is 0 Å². The van der Waals surface area contributed by atoms with Gasteiger partial charge in [-0.05, 0) is 43.9 Å². The van der Waals surface area contributed by atoms with Crippen molar-refractivity contribution in [3.8, 4) is 0 Å². The molecule has 1 atom stereocenters. The van der Waals surface area contributed by atoms with Crippen molar-refractivity contribution in [2.24, 2.45) is 0 Å². The van der Waals surface area contributed by atoms with Crippen molar-refractivity contribution >= 4 is 17.3 Å². The summed E-state index contributed by atoms with van der Waals surface area (Å²) in [7, 11) is 4.15. The standard InChI is InChI=1S/C19H25N3S/c1-22(2)15-18(17-11-7-4-8-12-17)21-19(23)20-14-13-16-9-5-3-6-10-16/h3-12,18H,13-15H2,1-2H3,(H2,20,21,23)/t18-/m0/s1. The van der Waals surface area contributed by atoms with E-state index in [1.54, 1.807) is 0 Å². The number of likely N-dealkylation sites (N-methyl/N-ethyl adjacent to an activating group) is 1. The predicted molar refractivity (Wildman–Crippen MR) is 102 cm³/mol.